The zero-order valence-electron chi connectivity index (χ0n) is 17.6. The van der Waals surface area contributed by atoms with E-state index >= 15 is 0 Å². The Hall–Kier alpha value is -2.28. The topological polar surface area (TPSA) is 80.6 Å². The Morgan fingerprint density at radius 2 is 1.90 bits per heavy atom. The molecule has 7 heteroatoms. The fourth-order valence-electron chi connectivity index (χ4n) is 3.89. The maximum atomic E-state index is 13.3. The van der Waals surface area contributed by atoms with Gasteiger partial charge in [-0.15, -0.1) is 0 Å². The number of Topliss-reactive ketones (excluding diaryl/α,β-unsaturated/α-hetero) is 1. The van der Waals surface area contributed by atoms with Crippen LogP contribution in [0.5, 0.6) is 11.5 Å². The van der Waals surface area contributed by atoms with E-state index in [4.69, 9.17) is 14.5 Å². The summed E-state index contributed by atoms with van der Waals surface area (Å²) >= 11 is 0. The Kier molecular flexibility index (Phi) is 7.36. The number of fused-ring (bicyclic) bond motifs is 1. The van der Waals surface area contributed by atoms with Gasteiger partial charge in [0.05, 0.1) is 11.8 Å². The third-order valence-electron chi connectivity index (χ3n) is 5.69. The zero-order chi connectivity index (χ0) is 20.8. The van der Waals surface area contributed by atoms with E-state index in [9.17, 15) is 9.70 Å². The van der Waals surface area contributed by atoms with Crippen LogP contribution >= 0.6 is 0 Å². The van der Waals surface area contributed by atoms with Crippen molar-refractivity contribution in [2.24, 2.45) is 16.1 Å². The average molecular weight is 402 g/mol. The second-order valence-electron chi connectivity index (χ2n) is 8.00. The van der Waals surface area contributed by atoms with Gasteiger partial charge in [-0.3, -0.25) is 14.7 Å². The normalized spacial score (nSPS) is 19.8. The molecule has 0 N–H and O–H groups in total. The summed E-state index contributed by atoms with van der Waals surface area (Å²) in [5.41, 5.74) is 1.00. The molecule has 1 aromatic rings. The molecule has 3 rings (SSSR count). The lowest BCUT2D eigenvalue weighted by Gasteiger charge is -2.31. The van der Waals surface area contributed by atoms with Crippen LogP contribution < -0.4 is 9.47 Å². The van der Waals surface area contributed by atoms with E-state index in [2.05, 4.69) is 17.0 Å². The monoisotopic (exact) mass is 401 g/mol. The van der Waals surface area contributed by atoms with Crippen molar-refractivity contribution in [1.29, 1.82) is 0 Å². The minimum absolute atomic E-state index is 0.130. The van der Waals surface area contributed by atoms with Gasteiger partial charge in [0.15, 0.2) is 11.5 Å². The number of aliphatic imine (C=N–C) groups is 1. The highest BCUT2D eigenvalue weighted by Gasteiger charge is 2.28. The van der Waals surface area contributed by atoms with Crippen LogP contribution in [0.25, 0.3) is 0 Å². The van der Waals surface area contributed by atoms with Crippen LogP contribution in [0.2, 0.25) is 0 Å². The number of carbonyl (C=O) groups is 1. The number of likely N-dealkylation sites (tertiary alicyclic amines) is 1. The summed E-state index contributed by atoms with van der Waals surface area (Å²) < 4.78 is 11.2. The first-order chi connectivity index (χ1) is 14.0. The van der Waals surface area contributed by atoms with Crippen molar-refractivity contribution in [3.8, 4) is 11.5 Å². The van der Waals surface area contributed by atoms with Gasteiger partial charge in [0.2, 0.25) is 5.78 Å². The molecule has 1 fully saturated rings. The minimum atomic E-state index is -0.436. The van der Waals surface area contributed by atoms with E-state index in [1.165, 1.54) is 0 Å². The Morgan fingerprint density at radius 1 is 1.17 bits per heavy atom. The van der Waals surface area contributed by atoms with Crippen LogP contribution in [0.15, 0.2) is 28.4 Å². The lowest BCUT2D eigenvalue weighted by atomic mass is 9.92. The third-order valence-corrected chi connectivity index (χ3v) is 5.69. The Balaban J connectivity index is 1.84. The summed E-state index contributed by atoms with van der Waals surface area (Å²) in [5.74, 6) is 1.24. The van der Waals surface area contributed by atoms with Gasteiger partial charge < -0.3 is 9.47 Å². The number of carbonyl (C=O) groups excluding carboxylic acids is 1. The molecule has 0 spiro atoms. The summed E-state index contributed by atoms with van der Waals surface area (Å²) in [6.07, 6.45) is 3.03. The molecule has 3 atom stereocenters. The van der Waals surface area contributed by atoms with Gasteiger partial charge >= 0.3 is 0 Å². The van der Waals surface area contributed by atoms with Gasteiger partial charge in [0.1, 0.15) is 19.3 Å². The fraction of sp³-hybridized carbons (Fsp3) is 0.636. The number of nitroso groups, excluding NO2 is 1. The van der Waals surface area contributed by atoms with Crippen LogP contribution in [-0.4, -0.2) is 61.3 Å². The van der Waals surface area contributed by atoms with Crippen LogP contribution in [0.1, 0.15) is 50.4 Å². The lowest BCUT2D eigenvalue weighted by Crippen LogP contribution is -2.43. The van der Waals surface area contributed by atoms with Crippen LogP contribution in [0, 0.1) is 10.8 Å². The highest BCUT2D eigenvalue weighted by Crippen LogP contribution is 2.31. The Labute approximate surface area is 172 Å². The van der Waals surface area contributed by atoms with Crippen molar-refractivity contribution < 1.29 is 14.3 Å². The molecule has 158 valence electrons. The summed E-state index contributed by atoms with van der Waals surface area (Å²) in [6.45, 7) is 9.39. The first-order valence-corrected chi connectivity index (χ1v) is 10.6. The molecule has 0 saturated carbocycles. The summed E-state index contributed by atoms with van der Waals surface area (Å²) in [6, 6.07) is 4.47. The van der Waals surface area contributed by atoms with Crippen LogP contribution in [0.4, 0.5) is 0 Å². The summed E-state index contributed by atoms with van der Waals surface area (Å²) in [7, 11) is 0. The number of hydrogen-bond acceptors (Lipinski definition) is 7. The number of nitrogens with zero attached hydrogens (tertiary/aromatic N) is 3. The molecule has 1 saturated heterocycles. The van der Waals surface area contributed by atoms with E-state index in [0.717, 1.165) is 32.4 Å². The van der Waals surface area contributed by atoms with Gasteiger partial charge in [-0.25, -0.2) is 0 Å². The van der Waals surface area contributed by atoms with Crippen molar-refractivity contribution in [1.82, 2.24) is 4.90 Å². The highest BCUT2D eigenvalue weighted by atomic mass is 16.6. The molecule has 2 aliphatic heterocycles. The second kappa shape index (κ2) is 9.96. The van der Waals surface area contributed by atoms with Crippen molar-refractivity contribution in [3.05, 3.63) is 28.7 Å². The van der Waals surface area contributed by atoms with Crippen molar-refractivity contribution in [2.45, 2.75) is 52.1 Å². The molecule has 3 unspecified atom stereocenters. The van der Waals surface area contributed by atoms with Gasteiger partial charge in [0, 0.05) is 12.1 Å². The molecule has 0 amide bonds. The SMILES string of the molecule is CCCC(C)C(N=O)C(C)N=C(CN1CCC1)C(=O)c1ccc2c(c1)OCCO2. The Bertz CT molecular complexity index is 760. The minimum Gasteiger partial charge on any atom is -0.486 e. The van der Waals surface area contributed by atoms with Crippen LogP contribution in [0.3, 0.4) is 0 Å². The molecular formula is C22H31N3O4. The first kappa shape index (κ1) is 21.4. The van der Waals surface area contributed by atoms with E-state index in [1.54, 1.807) is 18.2 Å². The van der Waals surface area contributed by atoms with Gasteiger partial charge in [0.25, 0.3) is 0 Å². The quantitative estimate of drug-likeness (QED) is 0.339. The molecule has 0 bridgehead atoms. The standard InChI is InChI=1S/C22H31N3O4/c1-4-6-15(2)21(24-27)16(3)23-18(14-25-9-5-10-25)22(26)17-7-8-19-20(13-17)29-12-11-28-19/h7-8,13,15-16,21H,4-6,9-12,14H2,1-3H3. The number of hydrogen-bond donors (Lipinski definition) is 0. The van der Waals surface area contributed by atoms with Gasteiger partial charge in [-0.05, 0) is 57.0 Å². The molecular weight excluding hydrogens is 370 g/mol. The maximum absolute atomic E-state index is 13.3. The van der Waals surface area contributed by atoms with E-state index in [-0.39, 0.29) is 17.7 Å². The predicted octanol–water partition coefficient (Wildman–Crippen LogP) is 3.75. The highest BCUT2D eigenvalue weighted by molar-refractivity contribution is 6.46. The first-order valence-electron chi connectivity index (χ1n) is 10.6. The summed E-state index contributed by atoms with van der Waals surface area (Å²) in [4.78, 5) is 31.7. The van der Waals surface area contributed by atoms with E-state index < -0.39 is 6.04 Å². The molecule has 2 aliphatic rings. The smallest absolute Gasteiger partial charge is 0.208 e. The average Bonchev–Trinajstić information content (AvgIpc) is 2.69. The second-order valence-corrected chi connectivity index (χ2v) is 8.00. The van der Waals surface area contributed by atoms with E-state index in [1.807, 2.05) is 13.8 Å². The number of ketones is 1. The van der Waals surface area contributed by atoms with Crippen molar-refractivity contribution in [3.63, 3.8) is 0 Å². The lowest BCUT2D eigenvalue weighted by molar-refractivity contribution is 0.105. The maximum Gasteiger partial charge on any atom is 0.208 e. The van der Waals surface area contributed by atoms with Crippen molar-refractivity contribution in [2.75, 3.05) is 32.8 Å². The van der Waals surface area contributed by atoms with Crippen molar-refractivity contribution >= 4 is 11.5 Å². The number of ether oxygens (including phenoxy) is 2. The number of benzene rings is 1. The molecule has 0 aromatic heterocycles. The fourth-order valence-corrected chi connectivity index (χ4v) is 3.89. The van der Waals surface area contributed by atoms with Gasteiger partial charge in [-0.1, -0.05) is 25.4 Å². The largest absolute Gasteiger partial charge is 0.486 e. The molecule has 2 heterocycles. The Morgan fingerprint density at radius 3 is 2.52 bits per heavy atom. The molecule has 0 aliphatic carbocycles. The molecule has 1 aromatic carbocycles. The van der Waals surface area contributed by atoms with Gasteiger partial charge in [-0.2, -0.15) is 4.91 Å². The third kappa shape index (κ3) is 5.21. The number of rotatable bonds is 10. The molecule has 29 heavy (non-hydrogen) atoms. The summed E-state index contributed by atoms with van der Waals surface area (Å²) in [5, 5.41) is 3.34. The van der Waals surface area contributed by atoms with E-state index in [0.29, 0.717) is 42.5 Å². The van der Waals surface area contributed by atoms with Crippen LogP contribution in [-0.2, 0) is 0 Å². The predicted molar refractivity (Wildman–Crippen MR) is 113 cm³/mol. The zero-order valence-corrected chi connectivity index (χ0v) is 17.6. The molecule has 7 nitrogen and oxygen atoms in total. The molecule has 0 radical (unpaired) electrons.